The van der Waals surface area contributed by atoms with E-state index in [0.29, 0.717) is 12.2 Å². The number of alkyl halides is 3. The van der Waals surface area contributed by atoms with E-state index in [4.69, 9.17) is 4.74 Å². The molecule has 0 spiro atoms. The number of hydrogen-bond acceptors (Lipinski definition) is 4. The van der Waals surface area contributed by atoms with Crippen LogP contribution in [0.1, 0.15) is 48.3 Å². The molecule has 0 unspecified atom stereocenters. The van der Waals surface area contributed by atoms with E-state index < -0.39 is 12.8 Å². The molecular formula is C19H19F3N4O. The van der Waals surface area contributed by atoms with Crippen molar-refractivity contribution in [3.05, 3.63) is 41.0 Å². The Morgan fingerprint density at radius 3 is 2.59 bits per heavy atom. The van der Waals surface area contributed by atoms with E-state index >= 15 is 0 Å². The lowest BCUT2D eigenvalue weighted by Gasteiger charge is -2.15. The number of aromatic amines is 1. The Bertz CT molecular complexity index is 939. The van der Waals surface area contributed by atoms with Gasteiger partial charge in [-0.2, -0.15) is 18.3 Å². The van der Waals surface area contributed by atoms with Crippen LogP contribution in [0.4, 0.5) is 13.2 Å². The fourth-order valence-corrected chi connectivity index (χ4v) is 3.27. The van der Waals surface area contributed by atoms with Crippen LogP contribution in [0.15, 0.2) is 23.3 Å². The predicted molar refractivity (Wildman–Crippen MR) is 95.9 cm³/mol. The molecule has 2 aromatic rings. The van der Waals surface area contributed by atoms with E-state index in [0.717, 1.165) is 46.7 Å². The summed E-state index contributed by atoms with van der Waals surface area (Å²) in [6.07, 6.45) is -0.842. The van der Waals surface area contributed by atoms with Crippen LogP contribution in [0.2, 0.25) is 0 Å². The number of halogens is 3. The molecule has 0 bridgehead atoms. The van der Waals surface area contributed by atoms with Crippen molar-refractivity contribution in [3.8, 4) is 5.75 Å². The maximum Gasteiger partial charge on any atom is 0.422 e. The molecule has 3 heterocycles. The third-order valence-electron chi connectivity index (χ3n) is 4.71. The summed E-state index contributed by atoms with van der Waals surface area (Å²) in [4.78, 5) is 9.00. The van der Waals surface area contributed by atoms with Gasteiger partial charge in [0.2, 0.25) is 0 Å². The zero-order valence-electron chi connectivity index (χ0n) is 15.0. The number of aryl methyl sites for hydroxylation is 1. The number of ether oxygens (including phenoxy) is 1. The normalized spacial score (nSPS) is 17.4. The maximum atomic E-state index is 12.7. The fourth-order valence-electron chi connectivity index (χ4n) is 3.27. The van der Waals surface area contributed by atoms with Crippen LogP contribution in [0.5, 0.6) is 5.75 Å². The molecule has 1 fully saturated rings. The Morgan fingerprint density at radius 1 is 1.19 bits per heavy atom. The summed E-state index contributed by atoms with van der Waals surface area (Å²) in [6.45, 7) is 2.93. The minimum atomic E-state index is -4.38. The SMILES string of the molecule is CC1=NCC(c2cc(C)[nH]n2)=C1c1cc(OCC(F)(F)F)c(C2CC2)cn1. The first-order valence-electron chi connectivity index (χ1n) is 8.78. The number of aliphatic imine (C=N–C) groups is 1. The lowest BCUT2D eigenvalue weighted by Crippen LogP contribution is -2.20. The van der Waals surface area contributed by atoms with Gasteiger partial charge in [-0.15, -0.1) is 0 Å². The Balaban J connectivity index is 1.74. The Kier molecular flexibility index (Phi) is 4.28. The minimum absolute atomic E-state index is 0.232. The number of H-pyrrole nitrogens is 1. The number of hydrogen-bond donors (Lipinski definition) is 1. The molecule has 142 valence electrons. The smallest absolute Gasteiger partial charge is 0.422 e. The van der Waals surface area contributed by atoms with E-state index in [-0.39, 0.29) is 11.7 Å². The number of allylic oxidation sites excluding steroid dienone is 1. The lowest BCUT2D eigenvalue weighted by atomic mass is 9.99. The lowest BCUT2D eigenvalue weighted by molar-refractivity contribution is -0.153. The zero-order chi connectivity index (χ0) is 19.2. The van der Waals surface area contributed by atoms with Gasteiger partial charge in [-0.25, -0.2) is 0 Å². The van der Waals surface area contributed by atoms with Crippen molar-refractivity contribution < 1.29 is 17.9 Å². The van der Waals surface area contributed by atoms with Crippen molar-refractivity contribution in [1.82, 2.24) is 15.2 Å². The molecule has 0 amide bonds. The highest BCUT2D eigenvalue weighted by Crippen LogP contribution is 2.45. The molecule has 1 aliphatic carbocycles. The number of aromatic nitrogens is 3. The van der Waals surface area contributed by atoms with Gasteiger partial charge < -0.3 is 4.74 Å². The van der Waals surface area contributed by atoms with Crippen LogP contribution in [-0.4, -0.2) is 40.2 Å². The molecule has 8 heteroatoms. The van der Waals surface area contributed by atoms with Crippen LogP contribution < -0.4 is 4.74 Å². The van der Waals surface area contributed by atoms with Gasteiger partial charge in [0.15, 0.2) is 6.61 Å². The van der Waals surface area contributed by atoms with E-state index in [9.17, 15) is 13.2 Å². The molecule has 2 aromatic heterocycles. The van der Waals surface area contributed by atoms with Crippen LogP contribution in [0.25, 0.3) is 11.1 Å². The quantitative estimate of drug-likeness (QED) is 0.845. The van der Waals surface area contributed by atoms with Crippen LogP contribution >= 0.6 is 0 Å². The van der Waals surface area contributed by atoms with Crippen LogP contribution in [0, 0.1) is 6.92 Å². The highest BCUT2D eigenvalue weighted by atomic mass is 19.4. The molecule has 27 heavy (non-hydrogen) atoms. The number of pyridine rings is 1. The Labute approximate surface area is 154 Å². The summed E-state index contributed by atoms with van der Waals surface area (Å²) in [7, 11) is 0. The summed E-state index contributed by atoms with van der Waals surface area (Å²) >= 11 is 0. The summed E-state index contributed by atoms with van der Waals surface area (Å²) in [5.74, 6) is 0.486. The van der Waals surface area contributed by atoms with Crippen molar-refractivity contribution in [2.75, 3.05) is 13.2 Å². The largest absolute Gasteiger partial charge is 0.484 e. The first kappa shape index (κ1) is 17.8. The third-order valence-corrected chi connectivity index (χ3v) is 4.71. The number of nitrogens with zero attached hydrogens (tertiary/aromatic N) is 3. The predicted octanol–water partition coefficient (Wildman–Crippen LogP) is 4.32. The minimum Gasteiger partial charge on any atom is -0.484 e. The van der Waals surface area contributed by atoms with Gasteiger partial charge >= 0.3 is 6.18 Å². The molecule has 1 saturated carbocycles. The van der Waals surface area contributed by atoms with Crippen molar-refractivity contribution in [3.63, 3.8) is 0 Å². The monoisotopic (exact) mass is 376 g/mol. The van der Waals surface area contributed by atoms with Gasteiger partial charge in [-0.3, -0.25) is 15.1 Å². The molecule has 2 aliphatic rings. The first-order chi connectivity index (χ1) is 12.8. The number of nitrogens with one attached hydrogen (secondary N) is 1. The second-order valence-electron chi connectivity index (χ2n) is 6.98. The van der Waals surface area contributed by atoms with Crippen molar-refractivity contribution in [2.24, 2.45) is 4.99 Å². The van der Waals surface area contributed by atoms with Gasteiger partial charge in [0.1, 0.15) is 5.75 Å². The van der Waals surface area contributed by atoms with E-state index in [2.05, 4.69) is 20.2 Å². The highest BCUT2D eigenvalue weighted by Gasteiger charge is 2.32. The number of rotatable bonds is 5. The maximum absolute atomic E-state index is 12.7. The average Bonchev–Trinajstić information content (AvgIpc) is 3.25. The molecule has 0 atom stereocenters. The van der Waals surface area contributed by atoms with Crippen molar-refractivity contribution in [2.45, 2.75) is 38.8 Å². The molecule has 0 radical (unpaired) electrons. The van der Waals surface area contributed by atoms with Gasteiger partial charge in [0.25, 0.3) is 0 Å². The Morgan fingerprint density at radius 2 is 1.96 bits per heavy atom. The average molecular weight is 376 g/mol. The standard InChI is InChI=1S/C19H19F3N4O/c1-10-5-15(26-25-10)14-8-23-11(2)18(14)16-6-17(27-9-19(20,21)22)13(7-24-16)12-3-4-12/h5-7,12H,3-4,8-9H2,1-2H3,(H,25,26). The molecule has 4 rings (SSSR count). The molecule has 0 aromatic carbocycles. The van der Waals surface area contributed by atoms with Gasteiger partial charge in [0, 0.05) is 40.4 Å². The van der Waals surface area contributed by atoms with Crippen LogP contribution in [0.3, 0.4) is 0 Å². The first-order valence-corrected chi connectivity index (χ1v) is 8.78. The fraction of sp³-hybridized carbons (Fsp3) is 0.421. The molecular weight excluding hydrogens is 357 g/mol. The van der Waals surface area contributed by atoms with E-state index in [1.54, 1.807) is 12.3 Å². The second kappa shape index (κ2) is 6.51. The highest BCUT2D eigenvalue weighted by molar-refractivity contribution is 6.31. The molecule has 1 aliphatic heterocycles. The van der Waals surface area contributed by atoms with Gasteiger partial charge in [0.05, 0.1) is 17.9 Å². The Hall–Kier alpha value is -2.64. The van der Waals surface area contributed by atoms with E-state index in [1.165, 1.54) is 0 Å². The van der Waals surface area contributed by atoms with E-state index in [1.807, 2.05) is 19.9 Å². The molecule has 5 nitrogen and oxygen atoms in total. The van der Waals surface area contributed by atoms with Crippen molar-refractivity contribution >= 4 is 16.9 Å². The summed E-state index contributed by atoms with van der Waals surface area (Å²) in [5, 5.41) is 7.20. The van der Waals surface area contributed by atoms with Crippen LogP contribution in [-0.2, 0) is 0 Å². The summed E-state index contributed by atoms with van der Waals surface area (Å²) < 4.78 is 43.1. The van der Waals surface area contributed by atoms with Crippen molar-refractivity contribution in [1.29, 1.82) is 0 Å². The second-order valence-corrected chi connectivity index (χ2v) is 6.98. The molecule has 1 N–H and O–H groups in total. The summed E-state index contributed by atoms with van der Waals surface area (Å²) in [6, 6.07) is 3.53. The zero-order valence-corrected chi connectivity index (χ0v) is 15.0. The van der Waals surface area contributed by atoms with Gasteiger partial charge in [-0.1, -0.05) is 0 Å². The third kappa shape index (κ3) is 3.74. The van der Waals surface area contributed by atoms with Gasteiger partial charge in [-0.05, 0) is 38.7 Å². The topological polar surface area (TPSA) is 63.2 Å². The summed E-state index contributed by atoms with van der Waals surface area (Å²) in [5.41, 5.74) is 5.51. The molecule has 0 saturated heterocycles.